The van der Waals surface area contributed by atoms with E-state index in [1.54, 1.807) is 4.90 Å². The van der Waals surface area contributed by atoms with Crippen LogP contribution in [0.5, 0.6) is 0 Å². The van der Waals surface area contributed by atoms with Crippen molar-refractivity contribution in [2.24, 2.45) is 4.99 Å². The molecule has 1 aromatic rings. The van der Waals surface area contributed by atoms with Gasteiger partial charge in [0, 0.05) is 31.2 Å². The van der Waals surface area contributed by atoms with Crippen molar-refractivity contribution in [3.8, 4) is 11.8 Å². The number of hydrogen-bond acceptors (Lipinski definition) is 2. The molecule has 0 bridgehead atoms. The number of likely N-dealkylation sites (tertiary alicyclic amines) is 1. The van der Waals surface area contributed by atoms with E-state index in [4.69, 9.17) is 0 Å². The van der Waals surface area contributed by atoms with Crippen molar-refractivity contribution in [1.82, 2.24) is 15.5 Å². The average Bonchev–Trinajstić information content (AvgIpc) is 2.66. The van der Waals surface area contributed by atoms with Gasteiger partial charge in [-0.2, -0.15) is 13.2 Å². The number of benzene rings is 1. The molecule has 0 spiro atoms. The smallest absolute Gasteiger partial charge is 0.357 e. The Morgan fingerprint density at radius 3 is 2.57 bits per heavy atom. The maximum absolute atomic E-state index is 12.7. The maximum Gasteiger partial charge on any atom is 0.416 e. The zero-order valence-corrected chi connectivity index (χ0v) is 18.9. The molecule has 1 aromatic carbocycles. The SMILES string of the molecule is CCNC(=NCC#Cc1cccc(C(F)(F)F)c1)NC1CCN(CC(F)F)CC1.I. The van der Waals surface area contributed by atoms with Crippen molar-refractivity contribution in [1.29, 1.82) is 0 Å². The number of hydrogen-bond donors (Lipinski definition) is 2. The Hall–Kier alpha value is -1.61. The number of alkyl halides is 5. The van der Waals surface area contributed by atoms with E-state index in [2.05, 4.69) is 27.5 Å². The number of guanidine groups is 1. The van der Waals surface area contributed by atoms with Gasteiger partial charge in [-0.3, -0.25) is 4.90 Å². The second-order valence-electron chi connectivity index (χ2n) is 6.69. The van der Waals surface area contributed by atoms with Crippen LogP contribution in [0.2, 0.25) is 0 Å². The first kappa shape index (κ1) is 26.4. The van der Waals surface area contributed by atoms with Crippen LogP contribution >= 0.6 is 24.0 Å². The van der Waals surface area contributed by atoms with E-state index in [9.17, 15) is 22.0 Å². The maximum atomic E-state index is 12.7. The summed E-state index contributed by atoms with van der Waals surface area (Å²) in [5, 5.41) is 6.36. The quantitative estimate of drug-likeness (QED) is 0.194. The topological polar surface area (TPSA) is 39.7 Å². The Balaban J connectivity index is 0.00000450. The van der Waals surface area contributed by atoms with Gasteiger partial charge in [0.1, 0.15) is 6.54 Å². The third-order valence-electron chi connectivity index (χ3n) is 4.41. The summed E-state index contributed by atoms with van der Waals surface area (Å²) in [5.41, 5.74) is -0.458. The van der Waals surface area contributed by atoms with E-state index in [1.807, 2.05) is 6.92 Å². The molecule has 0 aliphatic carbocycles. The van der Waals surface area contributed by atoms with Gasteiger partial charge in [0.2, 0.25) is 0 Å². The molecule has 10 heteroatoms. The number of nitrogens with zero attached hydrogens (tertiary/aromatic N) is 2. The average molecular weight is 544 g/mol. The lowest BCUT2D eigenvalue weighted by Gasteiger charge is -2.32. The summed E-state index contributed by atoms with van der Waals surface area (Å²) in [5.74, 6) is 6.00. The van der Waals surface area contributed by atoms with Gasteiger partial charge in [-0.15, -0.1) is 24.0 Å². The monoisotopic (exact) mass is 544 g/mol. The Labute approximate surface area is 190 Å². The van der Waals surface area contributed by atoms with Gasteiger partial charge in [-0.25, -0.2) is 13.8 Å². The number of rotatable bonds is 5. The summed E-state index contributed by atoms with van der Waals surface area (Å²) in [6.07, 6.45) is -5.27. The van der Waals surface area contributed by atoms with Crippen LogP contribution < -0.4 is 10.6 Å². The van der Waals surface area contributed by atoms with E-state index in [-0.39, 0.29) is 48.7 Å². The van der Waals surface area contributed by atoms with Gasteiger partial charge < -0.3 is 10.6 Å². The second-order valence-corrected chi connectivity index (χ2v) is 6.69. The van der Waals surface area contributed by atoms with Crippen LogP contribution in [-0.4, -0.2) is 56.1 Å². The molecule has 1 heterocycles. The fraction of sp³-hybridized carbons (Fsp3) is 0.550. The molecule has 1 aliphatic heterocycles. The third-order valence-corrected chi connectivity index (χ3v) is 4.41. The molecule has 168 valence electrons. The lowest BCUT2D eigenvalue weighted by Crippen LogP contribution is -2.49. The number of piperidine rings is 1. The van der Waals surface area contributed by atoms with E-state index in [0.29, 0.717) is 25.6 Å². The number of aliphatic imine (C=N–C) groups is 1. The Bertz CT molecular complexity index is 735. The molecule has 1 fully saturated rings. The summed E-state index contributed by atoms with van der Waals surface area (Å²) in [6, 6.07) is 4.97. The normalized spacial score (nSPS) is 15.9. The molecule has 0 unspecified atom stereocenters. The van der Waals surface area contributed by atoms with Gasteiger partial charge >= 0.3 is 6.18 Å². The summed E-state index contributed by atoms with van der Waals surface area (Å²) in [7, 11) is 0. The highest BCUT2D eigenvalue weighted by molar-refractivity contribution is 14.0. The van der Waals surface area contributed by atoms with Gasteiger partial charge in [0.25, 0.3) is 6.43 Å². The molecule has 2 N–H and O–H groups in total. The minimum absolute atomic E-state index is 0. The molecule has 2 rings (SSSR count). The first-order valence-corrected chi connectivity index (χ1v) is 9.49. The van der Waals surface area contributed by atoms with Crippen LogP contribution in [0.1, 0.15) is 30.9 Å². The predicted molar refractivity (Wildman–Crippen MR) is 118 cm³/mol. The molecule has 1 aliphatic rings. The summed E-state index contributed by atoms with van der Waals surface area (Å²) in [4.78, 5) is 6.07. The molecule has 0 saturated carbocycles. The Morgan fingerprint density at radius 2 is 1.97 bits per heavy atom. The highest BCUT2D eigenvalue weighted by Crippen LogP contribution is 2.29. The van der Waals surface area contributed by atoms with Crippen molar-refractivity contribution in [3.63, 3.8) is 0 Å². The van der Waals surface area contributed by atoms with Gasteiger partial charge in [0.15, 0.2) is 5.96 Å². The van der Waals surface area contributed by atoms with Crippen molar-refractivity contribution in [2.75, 3.05) is 32.7 Å². The molecule has 1 saturated heterocycles. The fourth-order valence-electron chi connectivity index (χ4n) is 3.00. The zero-order chi connectivity index (χ0) is 21.3. The fourth-order valence-corrected chi connectivity index (χ4v) is 3.00. The minimum Gasteiger partial charge on any atom is -0.357 e. The molecule has 0 aromatic heterocycles. The van der Waals surface area contributed by atoms with E-state index < -0.39 is 18.2 Å². The minimum atomic E-state index is -4.40. The van der Waals surface area contributed by atoms with E-state index in [1.165, 1.54) is 12.1 Å². The van der Waals surface area contributed by atoms with Crippen LogP contribution in [0.4, 0.5) is 22.0 Å². The zero-order valence-electron chi connectivity index (χ0n) is 16.6. The Kier molecular flexibility index (Phi) is 11.4. The van der Waals surface area contributed by atoms with Crippen LogP contribution in [0.25, 0.3) is 0 Å². The summed E-state index contributed by atoms with van der Waals surface area (Å²) < 4.78 is 63.1. The van der Waals surface area contributed by atoms with Crippen LogP contribution in [-0.2, 0) is 6.18 Å². The molecule has 4 nitrogen and oxygen atoms in total. The predicted octanol–water partition coefficient (Wildman–Crippen LogP) is 3.96. The van der Waals surface area contributed by atoms with Crippen LogP contribution in [0, 0.1) is 11.8 Å². The molecule has 0 amide bonds. The lowest BCUT2D eigenvalue weighted by molar-refractivity contribution is -0.137. The summed E-state index contributed by atoms with van der Waals surface area (Å²) >= 11 is 0. The summed E-state index contributed by atoms with van der Waals surface area (Å²) in [6.45, 7) is 3.66. The van der Waals surface area contributed by atoms with E-state index >= 15 is 0 Å². The number of halogens is 6. The van der Waals surface area contributed by atoms with Crippen molar-refractivity contribution in [2.45, 2.75) is 38.4 Å². The van der Waals surface area contributed by atoms with Crippen molar-refractivity contribution >= 4 is 29.9 Å². The molecule has 30 heavy (non-hydrogen) atoms. The van der Waals surface area contributed by atoms with Gasteiger partial charge in [0.05, 0.1) is 12.1 Å². The molecular weight excluding hydrogens is 518 g/mol. The lowest BCUT2D eigenvalue weighted by atomic mass is 10.1. The van der Waals surface area contributed by atoms with E-state index in [0.717, 1.165) is 25.0 Å². The first-order chi connectivity index (χ1) is 13.8. The third kappa shape index (κ3) is 9.47. The highest BCUT2D eigenvalue weighted by atomic mass is 127. The van der Waals surface area contributed by atoms with Gasteiger partial charge in [-0.1, -0.05) is 17.9 Å². The standard InChI is InChI=1S/C20H25F5N4.HI/c1-2-26-19(28-17-8-11-29(12-9-17)14-18(21)22)27-10-4-6-15-5-3-7-16(13-15)20(23,24)25;/h3,5,7,13,17-18H,2,8-12,14H2,1H3,(H2,26,27,28);1H. The first-order valence-electron chi connectivity index (χ1n) is 9.49. The molecule has 0 radical (unpaired) electrons. The van der Waals surface area contributed by atoms with Crippen molar-refractivity contribution in [3.05, 3.63) is 35.4 Å². The molecule has 0 atom stereocenters. The van der Waals surface area contributed by atoms with Gasteiger partial charge in [-0.05, 0) is 38.0 Å². The molecular formula is C20H26F5IN4. The second kappa shape index (κ2) is 12.9. The highest BCUT2D eigenvalue weighted by Gasteiger charge is 2.30. The van der Waals surface area contributed by atoms with Crippen molar-refractivity contribution < 1.29 is 22.0 Å². The Morgan fingerprint density at radius 1 is 1.27 bits per heavy atom. The van der Waals surface area contributed by atoms with Crippen LogP contribution in [0.15, 0.2) is 29.3 Å². The largest absolute Gasteiger partial charge is 0.416 e. The number of nitrogens with one attached hydrogen (secondary N) is 2. The van der Waals surface area contributed by atoms with Crippen LogP contribution in [0.3, 0.4) is 0 Å².